The summed E-state index contributed by atoms with van der Waals surface area (Å²) in [5.41, 5.74) is 1.48. The molecule has 0 saturated carbocycles. The standard InChI is InChI=1S/C17H21NO3/c1-3-21-17(20)12-11-16(19)15-9-7-14(8-10-15)6-4-5-13-18-2/h7-10,18H,3,5,11-13H2,1-2H3. The molecule has 21 heavy (non-hydrogen) atoms. The van der Waals surface area contributed by atoms with Gasteiger partial charge in [0.05, 0.1) is 13.0 Å². The summed E-state index contributed by atoms with van der Waals surface area (Å²) >= 11 is 0. The summed E-state index contributed by atoms with van der Waals surface area (Å²) in [5.74, 6) is 5.69. The minimum absolute atomic E-state index is 0.0576. The Labute approximate surface area is 125 Å². The Kier molecular flexibility index (Phi) is 7.85. The van der Waals surface area contributed by atoms with Crippen molar-refractivity contribution in [3.8, 4) is 11.8 Å². The molecule has 0 aromatic heterocycles. The van der Waals surface area contributed by atoms with Crippen LogP contribution in [-0.4, -0.2) is 32.0 Å². The number of nitrogens with one attached hydrogen (secondary N) is 1. The highest BCUT2D eigenvalue weighted by Crippen LogP contribution is 2.08. The number of hydrogen-bond acceptors (Lipinski definition) is 4. The lowest BCUT2D eigenvalue weighted by atomic mass is 10.0. The van der Waals surface area contributed by atoms with Crippen LogP contribution in [0.1, 0.15) is 42.1 Å². The molecule has 112 valence electrons. The molecule has 1 aromatic rings. The van der Waals surface area contributed by atoms with E-state index in [4.69, 9.17) is 4.74 Å². The molecular formula is C17H21NO3. The minimum atomic E-state index is -0.335. The zero-order valence-corrected chi connectivity index (χ0v) is 12.6. The van der Waals surface area contributed by atoms with Crippen molar-refractivity contribution in [2.75, 3.05) is 20.2 Å². The first-order chi connectivity index (χ1) is 10.2. The third kappa shape index (κ3) is 6.73. The van der Waals surface area contributed by atoms with Crippen molar-refractivity contribution in [1.82, 2.24) is 5.32 Å². The van der Waals surface area contributed by atoms with E-state index < -0.39 is 0 Å². The molecule has 1 aromatic carbocycles. The Morgan fingerprint density at radius 3 is 2.52 bits per heavy atom. The molecular weight excluding hydrogens is 266 g/mol. The smallest absolute Gasteiger partial charge is 0.306 e. The summed E-state index contributed by atoms with van der Waals surface area (Å²) in [5, 5.41) is 3.03. The topological polar surface area (TPSA) is 55.4 Å². The minimum Gasteiger partial charge on any atom is -0.466 e. The van der Waals surface area contributed by atoms with Crippen LogP contribution in [0.15, 0.2) is 24.3 Å². The van der Waals surface area contributed by atoms with Gasteiger partial charge in [0.25, 0.3) is 0 Å². The fourth-order valence-electron chi connectivity index (χ4n) is 1.68. The van der Waals surface area contributed by atoms with E-state index in [0.717, 1.165) is 18.5 Å². The summed E-state index contributed by atoms with van der Waals surface area (Å²) in [6.45, 7) is 2.95. The van der Waals surface area contributed by atoms with Gasteiger partial charge in [-0.3, -0.25) is 9.59 Å². The van der Waals surface area contributed by atoms with Crippen LogP contribution in [0.2, 0.25) is 0 Å². The lowest BCUT2D eigenvalue weighted by Gasteiger charge is -2.02. The van der Waals surface area contributed by atoms with Crippen molar-refractivity contribution in [3.63, 3.8) is 0 Å². The summed E-state index contributed by atoms with van der Waals surface area (Å²) in [6, 6.07) is 7.14. The van der Waals surface area contributed by atoms with Crippen LogP contribution >= 0.6 is 0 Å². The van der Waals surface area contributed by atoms with Crippen molar-refractivity contribution in [2.45, 2.75) is 26.2 Å². The lowest BCUT2D eigenvalue weighted by Crippen LogP contribution is -2.07. The lowest BCUT2D eigenvalue weighted by molar-refractivity contribution is -0.143. The Bertz CT molecular complexity index is 523. The maximum absolute atomic E-state index is 11.9. The first-order valence-corrected chi connectivity index (χ1v) is 7.09. The maximum Gasteiger partial charge on any atom is 0.306 e. The molecule has 4 heteroatoms. The Morgan fingerprint density at radius 1 is 1.19 bits per heavy atom. The van der Waals surface area contributed by atoms with Gasteiger partial charge in [0.15, 0.2) is 5.78 Å². The molecule has 0 saturated heterocycles. The molecule has 0 heterocycles. The molecule has 0 aliphatic carbocycles. The number of carbonyl (C=O) groups excluding carboxylic acids is 2. The predicted octanol–water partition coefficient (Wildman–Crippen LogP) is 2.17. The van der Waals surface area contributed by atoms with E-state index in [9.17, 15) is 9.59 Å². The SMILES string of the molecule is CCOC(=O)CCC(=O)c1ccc(C#CCCNC)cc1. The Morgan fingerprint density at radius 2 is 1.90 bits per heavy atom. The Hall–Kier alpha value is -2.12. The molecule has 0 fully saturated rings. The van der Waals surface area contributed by atoms with E-state index in [1.54, 1.807) is 19.1 Å². The van der Waals surface area contributed by atoms with E-state index >= 15 is 0 Å². The molecule has 0 spiro atoms. The number of Topliss-reactive ketones (excluding diaryl/α,β-unsaturated/α-hetero) is 1. The van der Waals surface area contributed by atoms with Gasteiger partial charge in [-0.05, 0) is 26.1 Å². The highest BCUT2D eigenvalue weighted by atomic mass is 16.5. The number of hydrogen-bond donors (Lipinski definition) is 1. The normalized spacial score (nSPS) is 9.62. The van der Waals surface area contributed by atoms with E-state index in [2.05, 4.69) is 17.2 Å². The van der Waals surface area contributed by atoms with Crippen LogP contribution in [0.5, 0.6) is 0 Å². The van der Waals surface area contributed by atoms with Crippen molar-refractivity contribution >= 4 is 11.8 Å². The monoisotopic (exact) mass is 287 g/mol. The highest BCUT2D eigenvalue weighted by molar-refractivity contribution is 5.97. The maximum atomic E-state index is 11.9. The molecule has 4 nitrogen and oxygen atoms in total. The zero-order valence-electron chi connectivity index (χ0n) is 12.6. The second-order valence-electron chi connectivity index (χ2n) is 4.46. The van der Waals surface area contributed by atoms with Crippen LogP contribution in [0.25, 0.3) is 0 Å². The van der Waals surface area contributed by atoms with Crippen molar-refractivity contribution in [2.24, 2.45) is 0 Å². The second-order valence-corrected chi connectivity index (χ2v) is 4.46. The number of ether oxygens (including phenoxy) is 1. The van der Waals surface area contributed by atoms with E-state index in [0.29, 0.717) is 12.2 Å². The van der Waals surface area contributed by atoms with Crippen molar-refractivity contribution in [3.05, 3.63) is 35.4 Å². The quantitative estimate of drug-likeness (QED) is 0.361. The fourth-order valence-corrected chi connectivity index (χ4v) is 1.68. The number of rotatable bonds is 7. The van der Waals surface area contributed by atoms with Gasteiger partial charge in [0.1, 0.15) is 0 Å². The molecule has 0 bridgehead atoms. The van der Waals surface area contributed by atoms with Gasteiger partial charge in [0.2, 0.25) is 0 Å². The van der Waals surface area contributed by atoms with Crippen LogP contribution in [0, 0.1) is 11.8 Å². The number of ketones is 1. The summed E-state index contributed by atoms with van der Waals surface area (Å²) < 4.78 is 4.80. The van der Waals surface area contributed by atoms with Crippen LogP contribution in [0.3, 0.4) is 0 Å². The highest BCUT2D eigenvalue weighted by Gasteiger charge is 2.09. The molecule has 0 amide bonds. The summed E-state index contributed by atoms with van der Waals surface area (Å²) in [4.78, 5) is 23.1. The molecule has 0 radical (unpaired) electrons. The number of esters is 1. The average molecular weight is 287 g/mol. The molecule has 0 aliphatic heterocycles. The molecule has 0 aliphatic rings. The molecule has 0 atom stereocenters. The largest absolute Gasteiger partial charge is 0.466 e. The van der Waals surface area contributed by atoms with Crippen LogP contribution in [-0.2, 0) is 9.53 Å². The third-order valence-corrected chi connectivity index (χ3v) is 2.80. The van der Waals surface area contributed by atoms with Gasteiger partial charge in [-0.25, -0.2) is 0 Å². The van der Waals surface area contributed by atoms with E-state index in [1.807, 2.05) is 19.2 Å². The van der Waals surface area contributed by atoms with Gasteiger partial charge in [-0.15, -0.1) is 0 Å². The molecule has 1 rings (SSSR count). The van der Waals surface area contributed by atoms with Gasteiger partial charge in [-0.1, -0.05) is 24.0 Å². The summed E-state index contributed by atoms with van der Waals surface area (Å²) in [7, 11) is 1.89. The third-order valence-electron chi connectivity index (χ3n) is 2.80. The van der Waals surface area contributed by atoms with E-state index in [1.165, 1.54) is 0 Å². The van der Waals surface area contributed by atoms with E-state index in [-0.39, 0.29) is 24.6 Å². The fraction of sp³-hybridized carbons (Fsp3) is 0.412. The summed E-state index contributed by atoms with van der Waals surface area (Å²) in [6.07, 6.45) is 1.08. The van der Waals surface area contributed by atoms with Gasteiger partial charge < -0.3 is 10.1 Å². The molecule has 0 unspecified atom stereocenters. The Balaban J connectivity index is 2.50. The zero-order chi connectivity index (χ0) is 15.5. The average Bonchev–Trinajstić information content (AvgIpc) is 2.50. The van der Waals surface area contributed by atoms with Crippen LogP contribution in [0.4, 0.5) is 0 Å². The van der Waals surface area contributed by atoms with Gasteiger partial charge in [-0.2, -0.15) is 0 Å². The first kappa shape index (κ1) is 16.9. The molecule has 1 N–H and O–H groups in total. The number of benzene rings is 1. The van der Waals surface area contributed by atoms with Crippen LogP contribution < -0.4 is 5.32 Å². The van der Waals surface area contributed by atoms with Crippen molar-refractivity contribution in [1.29, 1.82) is 0 Å². The first-order valence-electron chi connectivity index (χ1n) is 7.09. The predicted molar refractivity (Wildman–Crippen MR) is 82.1 cm³/mol. The second kappa shape index (κ2) is 9.73. The van der Waals surface area contributed by atoms with Gasteiger partial charge >= 0.3 is 5.97 Å². The van der Waals surface area contributed by atoms with Gasteiger partial charge in [0, 0.05) is 30.5 Å². The number of carbonyl (C=O) groups is 2. The van der Waals surface area contributed by atoms with Crippen molar-refractivity contribution < 1.29 is 14.3 Å².